The first-order valence-corrected chi connectivity index (χ1v) is 8.17. The molecule has 0 atom stereocenters. The van der Waals surface area contributed by atoms with Crippen molar-refractivity contribution in [1.82, 2.24) is 4.72 Å². The second kappa shape index (κ2) is 6.56. The Labute approximate surface area is 121 Å². The minimum Gasteiger partial charge on any atom is -0.493 e. The number of benzene rings is 1. The molecule has 6 heteroatoms. The van der Waals surface area contributed by atoms with Crippen LogP contribution in [0.2, 0.25) is 0 Å². The maximum absolute atomic E-state index is 12.2. The van der Waals surface area contributed by atoms with Crippen molar-refractivity contribution in [3.63, 3.8) is 0 Å². The van der Waals surface area contributed by atoms with Crippen LogP contribution in [0.1, 0.15) is 39.7 Å². The molecule has 0 spiro atoms. The van der Waals surface area contributed by atoms with Gasteiger partial charge in [0, 0.05) is 17.6 Å². The maximum Gasteiger partial charge on any atom is 0.241 e. The molecule has 0 aliphatic carbocycles. The molecule has 1 aromatic carbocycles. The molecule has 0 aliphatic rings. The SMILES string of the molecule is CCCOc1ccc(S(=O)(=O)NC(C)(C)C)cc1CN. The molecular formula is C14H24N2O3S. The van der Waals surface area contributed by atoms with Crippen molar-refractivity contribution in [1.29, 1.82) is 0 Å². The number of hydrogen-bond donors (Lipinski definition) is 2. The van der Waals surface area contributed by atoms with Gasteiger partial charge in [-0.15, -0.1) is 0 Å². The first-order chi connectivity index (χ1) is 9.19. The molecule has 0 aromatic heterocycles. The Balaban J connectivity index is 3.09. The largest absolute Gasteiger partial charge is 0.493 e. The normalized spacial score (nSPS) is 12.4. The van der Waals surface area contributed by atoms with Crippen LogP contribution >= 0.6 is 0 Å². The number of nitrogens with one attached hydrogen (secondary N) is 1. The molecule has 5 nitrogen and oxygen atoms in total. The van der Waals surface area contributed by atoms with Gasteiger partial charge in [0.1, 0.15) is 5.75 Å². The van der Waals surface area contributed by atoms with Crippen LogP contribution in [0.15, 0.2) is 23.1 Å². The van der Waals surface area contributed by atoms with Crippen molar-refractivity contribution in [2.45, 2.75) is 51.1 Å². The van der Waals surface area contributed by atoms with Gasteiger partial charge in [-0.1, -0.05) is 6.92 Å². The number of ether oxygens (including phenoxy) is 1. The van der Waals surface area contributed by atoms with Crippen LogP contribution < -0.4 is 15.2 Å². The molecule has 0 bridgehead atoms. The summed E-state index contributed by atoms with van der Waals surface area (Å²) in [6, 6.07) is 4.77. The van der Waals surface area contributed by atoms with E-state index in [9.17, 15) is 8.42 Å². The third kappa shape index (κ3) is 4.77. The number of hydrogen-bond acceptors (Lipinski definition) is 4. The van der Waals surface area contributed by atoms with Gasteiger partial charge in [-0.25, -0.2) is 13.1 Å². The Morgan fingerprint density at radius 2 is 1.95 bits per heavy atom. The lowest BCUT2D eigenvalue weighted by Crippen LogP contribution is -2.40. The van der Waals surface area contributed by atoms with Gasteiger partial charge in [-0.3, -0.25) is 0 Å². The van der Waals surface area contributed by atoms with Crippen LogP contribution in [0, 0.1) is 0 Å². The van der Waals surface area contributed by atoms with Gasteiger partial charge in [0.2, 0.25) is 10.0 Å². The van der Waals surface area contributed by atoms with E-state index in [4.69, 9.17) is 10.5 Å². The quantitative estimate of drug-likeness (QED) is 0.842. The van der Waals surface area contributed by atoms with E-state index < -0.39 is 15.6 Å². The lowest BCUT2D eigenvalue weighted by molar-refractivity contribution is 0.314. The van der Waals surface area contributed by atoms with Gasteiger partial charge in [-0.2, -0.15) is 0 Å². The van der Waals surface area contributed by atoms with E-state index in [2.05, 4.69) is 4.72 Å². The van der Waals surface area contributed by atoms with Gasteiger partial charge in [0.15, 0.2) is 0 Å². The molecule has 114 valence electrons. The Bertz CT molecular complexity index is 548. The lowest BCUT2D eigenvalue weighted by Gasteiger charge is -2.21. The first kappa shape index (κ1) is 16.9. The summed E-state index contributed by atoms with van der Waals surface area (Å²) >= 11 is 0. The lowest BCUT2D eigenvalue weighted by atomic mass is 10.1. The van der Waals surface area contributed by atoms with Crippen molar-refractivity contribution in [3.8, 4) is 5.75 Å². The molecule has 0 radical (unpaired) electrons. The summed E-state index contributed by atoms with van der Waals surface area (Å²) in [6.07, 6.45) is 0.885. The van der Waals surface area contributed by atoms with E-state index in [1.807, 2.05) is 6.92 Å². The fourth-order valence-corrected chi connectivity index (χ4v) is 3.17. The third-order valence-electron chi connectivity index (χ3n) is 2.46. The Kier molecular flexibility index (Phi) is 5.56. The zero-order valence-electron chi connectivity index (χ0n) is 12.6. The summed E-state index contributed by atoms with van der Waals surface area (Å²) in [5, 5.41) is 0. The Hall–Kier alpha value is -1.11. The second-order valence-electron chi connectivity index (χ2n) is 5.68. The topological polar surface area (TPSA) is 81.4 Å². The molecule has 1 aromatic rings. The molecule has 0 amide bonds. The van der Waals surface area contributed by atoms with Crippen LogP contribution in [-0.2, 0) is 16.6 Å². The van der Waals surface area contributed by atoms with Crippen LogP contribution in [0.5, 0.6) is 5.75 Å². The molecule has 3 N–H and O–H groups in total. The molecule has 20 heavy (non-hydrogen) atoms. The van der Waals surface area contributed by atoms with E-state index in [1.165, 1.54) is 6.07 Å². The van der Waals surface area contributed by atoms with E-state index in [0.717, 1.165) is 6.42 Å². The standard InChI is InChI=1S/C14H24N2O3S/c1-5-8-19-13-7-6-12(9-11(13)10-15)20(17,18)16-14(2,3)4/h6-7,9,16H,5,8,10,15H2,1-4H3. The highest BCUT2D eigenvalue weighted by Gasteiger charge is 2.22. The van der Waals surface area contributed by atoms with Crippen LogP contribution in [0.3, 0.4) is 0 Å². The first-order valence-electron chi connectivity index (χ1n) is 6.69. The highest BCUT2D eigenvalue weighted by atomic mass is 32.2. The van der Waals surface area contributed by atoms with E-state index in [0.29, 0.717) is 17.9 Å². The molecule has 0 aliphatic heterocycles. The minimum atomic E-state index is -3.55. The predicted octanol–water partition coefficient (Wildman–Crippen LogP) is 2.01. The third-order valence-corrected chi connectivity index (χ3v) is 4.22. The van der Waals surface area contributed by atoms with Crippen molar-refractivity contribution in [2.24, 2.45) is 5.73 Å². The maximum atomic E-state index is 12.2. The summed E-state index contributed by atoms with van der Waals surface area (Å²) < 4.78 is 32.7. The van der Waals surface area contributed by atoms with Gasteiger partial charge < -0.3 is 10.5 Å². The molecule has 1 rings (SSSR count). The van der Waals surface area contributed by atoms with Crippen molar-refractivity contribution < 1.29 is 13.2 Å². The Morgan fingerprint density at radius 3 is 2.45 bits per heavy atom. The summed E-state index contributed by atoms with van der Waals surface area (Å²) in [6.45, 7) is 8.22. The molecule has 0 heterocycles. The van der Waals surface area contributed by atoms with Crippen LogP contribution in [-0.4, -0.2) is 20.6 Å². The van der Waals surface area contributed by atoms with Crippen molar-refractivity contribution in [2.75, 3.05) is 6.61 Å². The number of nitrogens with two attached hydrogens (primary N) is 1. The molecule has 0 fully saturated rings. The summed E-state index contributed by atoms with van der Waals surface area (Å²) in [7, 11) is -3.55. The van der Waals surface area contributed by atoms with Gasteiger partial charge in [0.25, 0.3) is 0 Å². The number of rotatable bonds is 6. The summed E-state index contributed by atoms with van der Waals surface area (Å²) in [5.74, 6) is 0.643. The summed E-state index contributed by atoms with van der Waals surface area (Å²) in [5.41, 5.74) is 5.83. The smallest absolute Gasteiger partial charge is 0.241 e. The van der Waals surface area contributed by atoms with Gasteiger partial charge in [0.05, 0.1) is 11.5 Å². The van der Waals surface area contributed by atoms with Crippen LogP contribution in [0.25, 0.3) is 0 Å². The number of sulfonamides is 1. The summed E-state index contributed by atoms with van der Waals surface area (Å²) in [4.78, 5) is 0.205. The molecular weight excluding hydrogens is 276 g/mol. The molecule has 0 saturated carbocycles. The second-order valence-corrected chi connectivity index (χ2v) is 7.36. The zero-order chi connectivity index (χ0) is 15.4. The average Bonchev–Trinajstić information content (AvgIpc) is 2.33. The van der Waals surface area contributed by atoms with Crippen molar-refractivity contribution in [3.05, 3.63) is 23.8 Å². The average molecular weight is 300 g/mol. The molecule has 0 saturated heterocycles. The monoisotopic (exact) mass is 300 g/mol. The van der Waals surface area contributed by atoms with Gasteiger partial charge >= 0.3 is 0 Å². The van der Waals surface area contributed by atoms with Crippen molar-refractivity contribution >= 4 is 10.0 Å². The fraction of sp³-hybridized carbons (Fsp3) is 0.571. The highest BCUT2D eigenvalue weighted by molar-refractivity contribution is 7.89. The van der Waals surface area contributed by atoms with E-state index >= 15 is 0 Å². The van der Waals surface area contributed by atoms with E-state index in [-0.39, 0.29) is 11.4 Å². The minimum absolute atomic E-state index is 0.205. The highest BCUT2D eigenvalue weighted by Crippen LogP contribution is 2.23. The van der Waals surface area contributed by atoms with E-state index in [1.54, 1.807) is 32.9 Å². The fourth-order valence-electron chi connectivity index (χ4n) is 1.70. The zero-order valence-corrected chi connectivity index (χ0v) is 13.4. The predicted molar refractivity (Wildman–Crippen MR) is 80.2 cm³/mol. The Morgan fingerprint density at radius 1 is 1.30 bits per heavy atom. The molecule has 0 unspecified atom stereocenters. The van der Waals surface area contributed by atoms with Gasteiger partial charge in [-0.05, 0) is 45.4 Å². The van der Waals surface area contributed by atoms with Crippen LogP contribution in [0.4, 0.5) is 0 Å².